The molecule has 0 fully saturated rings. The third-order valence-electron chi connectivity index (χ3n) is 1.69. The first-order valence-corrected chi connectivity index (χ1v) is 7.21. The summed E-state index contributed by atoms with van der Waals surface area (Å²) in [5.41, 5.74) is 4.19. The molecule has 102 valence electrons. The number of aryl methyl sites for hydroxylation is 3. The van der Waals surface area contributed by atoms with E-state index in [2.05, 4.69) is 52.8 Å². The first kappa shape index (κ1) is 21.5. The molecule has 0 heterocycles. The molecule has 0 amide bonds. The van der Waals surface area contributed by atoms with Gasteiger partial charge in [0, 0.05) is 0 Å². The Bertz CT molecular complexity index is 216. The fourth-order valence-electron chi connectivity index (χ4n) is 1.27. The molecule has 0 N–H and O–H groups in total. The Kier molecular flexibility index (Phi) is 22.3. The zero-order chi connectivity index (χ0) is 14.3. The Labute approximate surface area is 110 Å². The van der Waals surface area contributed by atoms with Gasteiger partial charge in [0.15, 0.2) is 0 Å². The molecule has 1 aromatic rings. The van der Waals surface area contributed by atoms with Gasteiger partial charge in [-0.2, -0.15) is 0 Å². The second kappa shape index (κ2) is 17.6. The number of hydrogen-bond donors (Lipinski definition) is 0. The first-order valence-electron chi connectivity index (χ1n) is 7.21. The average Bonchev–Trinajstić information content (AvgIpc) is 2.34. The molecule has 17 heavy (non-hydrogen) atoms. The zero-order valence-electron chi connectivity index (χ0n) is 13.6. The summed E-state index contributed by atoms with van der Waals surface area (Å²) in [6.45, 7) is 18.7. The van der Waals surface area contributed by atoms with Crippen molar-refractivity contribution in [2.24, 2.45) is 0 Å². The van der Waals surface area contributed by atoms with Crippen molar-refractivity contribution >= 4 is 0 Å². The van der Waals surface area contributed by atoms with E-state index in [1.807, 2.05) is 27.7 Å². The SMILES string of the molecule is CC.CC.CCC.CCc1cc(C)cc(C)c1. The number of benzene rings is 1. The summed E-state index contributed by atoms with van der Waals surface area (Å²) in [4.78, 5) is 0. The van der Waals surface area contributed by atoms with E-state index >= 15 is 0 Å². The van der Waals surface area contributed by atoms with Crippen LogP contribution in [0.2, 0.25) is 0 Å². The molecule has 0 nitrogen and oxygen atoms in total. The third-order valence-corrected chi connectivity index (χ3v) is 1.69. The maximum Gasteiger partial charge on any atom is -0.0307 e. The summed E-state index contributed by atoms with van der Waals surface area (Å²) in [5, 5.41) is 0. The predicted octanol–water partition coefficient (Wildman–Crippen LogP) is 6.33. The average molecular weight is 238 g/mol. The summed E-state index contributed by atoms with van der Waals surface area (Å²) in [6.07, 6.45) is 2.39. The van der Waals surface area contributed by atoms with Gasteiger partial charge in [0.1, 0.15) is 0 Å². The second-order valence-electron chi connectivity index (χ2n) is 3.56. The first-order chi connectivity index (χ1) is 8.13. The van der Waals surface area contributed by atoms with Crippen molar-refractivity contribution in [3.63, 3.8) is 0 Å². The van der Waals surface area contributed by atoms with E-state index in [9.17, 15) is 0 Å². The van der Waals surface area contributed by atoms with Crippen LogP contribution >= 0.6 is 0 Å². The van der Waals surface area contributed by atoms with Crippen LogP contribution in [0.5, 0.6) is 0 Å². The van der Waals surface area contributed by atoms with Gasteiger partial charge >= 0.3 is 0 Å². The highest BCUT2D eigenvalue weighted by atomic mass is 14.0. The van der Waals surface area contributed by atoms with Crippen LogP contribution in [-0.2, 0) is 6.42 Å². The molecule has 0 aromatic heterocycles. The highest BCUT2D eigenvalue weighted by Crippen LogP contribution is 2.08. The number of hydrogen-bond acceptors (Lipinski definition) is 0. The normalized spacial score (nSPS) is 7.59. The van der Waals surface area contributed by atoms with Crippen molar-refractivity contribution in [3.8, 4) is 0 Å². The van der Waals surface area contributed by atoms with Gasteiger partial charge in [-0.1, -0.05) is 84.2 Å². The Morgan fingerprint density at radius 1 is 0.706 bits per heavy atom. The minimum absolute atomic E-state index is 1.14. The summed E-state index contributed by atoms with van der Waals surface area (Å²) in [5.74, 6) is 0. The molecule has 0 radical (unpaired) electrons. The van der Waals surface area contributed by atoms with Gasteiger partial charge < -0.3 is 0 Å². The van der Waals surface area contributed by atoms with Crippen LogP contribution in [0, 0.1) is 13.8 Å². The van der Waals surface area contributed by atoms with Crippen LogP contribution in [0.3, 0.4) is 0 Å². The molecule has 0 saturated carbocycles. The number of rotatable bonds is 1. The summed E-state index contributed by atoms with van der Waals surface area (Å²) < 4.78 is 0. The smallest absolute Gasteiger partial charge is 0.0307 e. The predicted molar refractivity (Wildman–Crippen MR) is 84.0 cm³/mol. The molecule has 0 heteroatoms. The lowest BCUT2D eigenvalue weighted by Gasteiger charge is -2.00. The van der Waals surface area contributed by atoms with E-state index < -0.39 is 0 Å². The fourth-order valence-corrected chi connectivity index (χ4v) is 1.27. The van der Waals surface area contributed by atoms with Crippen molar-refractivity contribution in [2.75, 3.05) is 0 Å². The molecular weight excluding hydrogens is 204 g/mol. The minimum atomic E-state index is 1.14. The Hall–Kier alpha value is -0.780. The van der Waals surface area contributed by atoms with Gasteiger partial charge in [0.25, 0.3) is 0 Å². The molecule has 0 aliphatic rings. The molecule has 0 bridgehead atoms. The van der Waals surface area contributed by atoms with Crippen LogP contribution in [-0.4, -0.2) is 0 Å². The van der Waals surface area contributed by atoms with Crippen LogP contribution < -0.4 is 0 Å². The van der Waals surface area contributed by atoms with E-state index in [1.165, 1.54) is 23.1 Å². The lowest BCUT2D eigenvalue weighted by molar-refractivity contribution is 1.09. The maximum absolute atomic E-state index is 2.24. The zero-order valence-corrected chi connectivity index (χ0v) is 13.6. The van der Waals surface area contributed by atoms with Gasteiger partial charge in [-0.3, -0.25) is 0 Å². The van der Waals surface area contributed by atoms with Crippen molar-refractivity contribution in [3.05, 3.63) is 34.9 Å². The van der Waals surface area contributed by atoms with E-state index in [-0.39, 0.29) is 0 Å². The lowest BCUT2D eigenvalue weighted by Crippen LogP contribution is -1.83. The lowest BCUT2D eigenvalue weighted by atomic mass is 10.1. The van der Waals surface area contributed by atoms with Gasteiger partial charge in [-0.15, -0.1) is 0 Å². The highest BCUT2D eigenvalue weighted by Gasteiger charge is 1.91. The molecule has 0 unspecified atom stereocenters. The van der Waals surface area contributed by atoms with Crippen molar-refractivity contribution in [2.45, 2.75) is 75.2 Å². The Morgan fingerprint density at radius 2 is 1.00 bits per heavy atom. The second-order valence-corrected chi connectivity index (χ2v) is 3.56. The maximum atomic E-state index is 2.24. The molecule has 0 saturated heterocycles. The summed E-state index contributed by atoms with van der Waals surface area (Å²) >= 11 is 0. The summed E-state index contributed by atoms with van der Waals surface area (Å²) in [7, 11) is 0. The topological polar surface area (TPSA) is 0 Å². The Balaban J connectivity index is -0.000000239. The van der Waals surface area contributed by atoms with E-state index in [4.69, 9.17) is 0 Å². The fraction of sp³-hybridized carbons (Fsp3) is 0.647. The van der Waals surface area contributed by atoms with Crippen molar-refractivity contribution in [1.82, 2.24) is 0 Å². The standard InChI is InChI=1S/C10H14.C3H8.2C2H6/c1-4-10-6-8(2)5-9(3)7-10;1-3-2;2*1-2/h5-7H,4H2,1-3H3;3H2,1-2H3;2*1-2H3. The van der Waals surface area contributed by atoms with Gasteiger partial charge in [0.05, 0.1) is 0 Å². The molecule has 0 atom stereocenters. The van der Waals surface area contributed by atoms with Gasteiger partial charge in [0.2, 0.25) is 0 Å². The van der Waals surface area contributed by atoms with E-state index in [0.717, 1.165) is 6.42 Å². The molecule has 0 aliphatic carbocycles. The van der Waals surface area contributed by atoms with E-state index in [0.29, 0.717) is 0 Å². The van der Waals surface area contributed by atoms with Crippen LogP contribution in [0.4, 0.5) is 0 Å². The highest BCUT2D eigenvalue weighted by molar-refractivity contribution is 5.28. The van der Waals surface area contributed by atoms with E-state index in [1.54, 1.807) is 0 Å². The molecule has 1 aromatic carbocycles. The Morgan fingerprint density at radius 3 is 1.24 bits per heavy atom. The largest absolute Gasteiger partial charge is 0.0683 e. The summed E-state index contributed by atoms with van der Waals surface area (Å²) in [6, 6.07) is 6.69. The quantitative estimate of drug-likeness (QED) is 0.536. The third kappa shape index (κ3) is 15.2. The van der Waals surface area contributed by atoms with Crippen molar-refractivity contribution in [1.29, 1.82) is 0 Å². The van der Waals surface area contributed by atoms with Crippen LogP contribution in [0.1, 0.15) is 71.6 Å². The van der Waals surface area contributed by atoms with Crippen LogP contribution in [0.15, 0.2) is 18.2 Å². The monoisotopic (exact) mass is 238 g/mol. The van der Waals surface area contributed by atoms with Crippen LogP contribution in [0.25, 0.3) is 0 Å². The van der Waals surface area contributed by atoms with Gasteiger partial charge in [-0.25, -0.2) is 0 Å². The minimum Gasteiger partial charge on any atom is -0.0683 e. The van der Waals surface area contributed by atoms with Crippen molar-refractivity contribution < 1.29 is 0 Å². The molecule has 0 spiro atoms. The molecule has 1 rings (SSSR count). The molecular formula is C17H34. The molecule has 0 aliphatic heterocycles. The van der Waals surface area contributed by atoms with Gasteiger partial charge in [-0.05, 0) is 25.8 Å².